The topological polar surface area (TPSA) is 84.6 Å². The van der Waals surface area contributed by atoms with Crippen LogP contribution < -0.4 is 11.1 Å². The number of rotatable bonds is 3. The molecule has 0 aliphatic heterocycles. The van der Waals surface area contributed by atoms with E-state index >= 15 is 0 Å². The summed E-state index contributed by atoms with van der Waals surface area (Å²) >= 11 is 0. The van der Waals surface area contributed by atoms with E-state index in [1.807, 2.05) is 19.1 Å². The average Bonchev–Trinajstić information content (AvgIpc) is 2.29. The van der Waals surface area contributed by atoms with Crippen LogP contribution in [0.5, 0.6) is 0 Å². The Morgan fingerprint density at radius 2 is 1.95 bits per heavy atom. The van der Waals surface area contributed by atoms with Crippen LogP contribution in [0, 0.1) is 6.92 Å². The second-order valence-corrected chi connectivity index (χ2v) is 6.23. The summed E-state index contributed by atoms with van der Waals surface area (Å²) in [5.41, 5.74) is 6.86. The predicted molar refractivity (Wildman–Crippen MR) is 79.7 cm³/mol. The van der Waals surface area contributed by atoms with Crippen molar-refractivity contribution in [3.05, 3.63) is 29.3 Å². The largest absolute Gasteiger partial charge is 0.444 e. The number of aryl methyl sites for hydroxylation is 1. The Kier molecular flexibility index (Phi) is 4.78. The summed E-state index contributed by atoms with van der Waals surface area (Å²) in [5, 5.41) is 12.0. The van der Waals surface area contributed by atoms with Crippen molar-refractivity contribution in [2.24, 2.45) is 5.73 Å². The summed E-state index contributed by atoms with van der Waals surface area (Å²) < 4.78 is 5.22. The Bertz CT molecular complexity index is 490. The van der Waals surface area contributed by atoms with Crippen molar-refractivity contribution in [3.8, 4) is 0 Å². The third-order valence-electron chi connectivity index (χ3n) is 2.86. The number of benzene rings is 1. The van der Waals surface area contributed by atoms with E-state index in [2.05, 4.69) is 5.32 Å². The number of aliphatic hydroxyl groups excluding tert-OH is 1. The number of hydrogen-bond acceptors (Lipinski definition) is 4. The lowest BCUT2D eigenvalue weighted by atomic mass is 9.93. The Morgan fingerprint density at radius 3 is 2.45 bits per heavy atom. The number of aliphatic hydroxyl groups is 1. The van der Waals surface area contributed by atoms with Gasteiger partial charge in [-0.1, -0.05) is 12.1 Å². The van der Waals surface area contributed by atoms with Gasteiger partial charge in [-0.2, -0.15) is 0 Å². The fraction of sp³-hybridized carbons (Fsp3) is 0.533. The average molecular weight is 280 g/mol. The van der Waals surface area contributed by atoms with Gasteiger partial charge in [-0.05, 0) is 51.8 Å². The standard InChI is InChI=1S/C15H24N2O3/c1-10-6-7-11(15(5,16)9-18)8-12(10)17-13(19)20-14(2,3)4/h6-8,18H,9,16H2,1-5H3,(H,17,19). The number of amides is 1. The normalized spacial score (nSPS) is 14.6. The lowest BCUT2D eigenvalue weighted by Crippen LogP contribution is -2.37. The number of anilines is 1. The first-order valence-corrected chi connectivity index (χ1v) is 6.56. The molecule has 0 aliphatic carbocycles. The van der Waals surface area contributed by atoms with Gasteiger partial charge in [0.15, 0.2) is 0 Å². The number of hydrogen-bond donors (Lipinski definition) is 3. The van der Waals surface area contributed by atoms with Gasteiger partial charge in [0.1, 0.15) is 5.60 Å². The molecular formula is C15H24N2O3. The Balaban J connectivity index is 2.96. The second-order valence-electron chi connectivity index (χ2n) is 6.23. The van der Waals surface area contributed by atoms with E-state index in [4.69, 9.17) is 10.5 Å². The maximum atomic E-state index is 11.8. The molecule has 0 heterocycles. The van der Waals surface area contributed by atoms with E-state index in [1.165, 1.54) is 0 Å². The molecule has 1 aromatic rings. The molecule has 112 valence electrons. The van der Waals surface area contributed by atoms with Crippen LogP contribution in [0.2, 0.25) is 0 Å². The number of ether oxygens (including phenoxy) is 1. The first kappa shape index (κ1) is 16.5. The van der Waals surface area contributed by atoms with Crippen molar-refractivity contribution in [3.63, 3.8) is 0 Å². The summed E-state index contributed by atoms with van der Waals surface area (Å²) in [5.74, 6) is 0. The molecule has 1 rings (SSSR count). The smallest absolute Gasteiger partial charge is 0.412 e. The number of carbonyl (C=O) groups excluding carboxylic acids is 1. The van der Waals surface area contributed by atoms with Crippen LogP contribution in [-0.4, -0.2) is 23.4 Å². The zero-order valence-corrected chi connectivity index (χ0v) is 12.8. The lowest BCUT2D eigenvalue weighted by Gasteiger charge is -2.24. The highest BCUT2D eigenvalue weighted by atomic mass is 16.6. The third-order valence-corrected chi connectivity index (χ3v) is 2.86. The van der Waals surface area contributed by atoms with Crippen molar-refractivity contribution in [1.29, 1.82) is 0 Å². The molecule has 0 bridgehead atoms. The maximum Gasteiger partial charge on any atom is 0.412 e. The van der Waals surface area contributed by atoms with E-state index in [0.717, 1.165) is 11.1 Å². The monoisotopic (exact) mass is 280 g/mol. The molecule has 20 heavy (non-hydrogen) atoms. The molecule has 1 unspecified atom stereocenters. The Morgan fingerprint density at radius 1 is 1.35 bits per heavy atom. The minimum absolute atomic E-state index is 0.179. The van der Waals surface area contributed by atoms with Crippen LogP contribution >= 0.6 is 0 Å². The van der Waals surface area contributed by atoms with Gasteiger partial charge >= 0.3 is 6.09 Å². The van der Waals surface area contributed by atoms with E-state index in [9.17, 15) is 9.90 Å². The number of nitrogens with one attached hydrogen (secondary N) is 1. The maximum absolute atomic E-state index is 11.8. The van der Waals surface area contributed by atoms with Crippen LogP contribution in [0.4, 0.5) is 10.5 Å². The van der Waals surface area contributed by atoms with Crippen molar-refractivity contribution >= 4 is 11.8 Å². The van der Waals surface area contributed by atoms with Crippen LogP contribution in [-0.2, 0) is 10.3 Å². The second kappa shape index (κ2) is 5.81. The van der Waals surface area contributed by atoms with Crippen LogP contribution in [0.1, 0.15) is 38.8 Å². The van der Waals surface area contributed by atoms with Gasteiger partial charge in [0.05, 0.1) is 12.1 Å². The zero-order chi connectivity index (χ0) is 15.6. The van der Waals surface area contributed by atoms with E-state index in [1.54, 1.807) is 33.8 Å². The molecule has 0 aliphatic rings. The van der Waals surface area contributed by atoms with Gasteiger partial charge in [0.2, 0.25) is 0 Å². The van der Waals surface area contributed by atoms with E-state index in [-0.39, 0.29) is 6.61 Å². The fourth-order valence-electron chi connectivity index (χ4n) is 1.62. The molecule has 0 aromatic heterocycles. The third kappa shape index (κ3) is 4.51. The van der Waals surface area contributed by atoms with Gasteiger partial charge in [0, 0.05) is 5.69 Å². The minimum Gasteiger partial charge on any atom is -0.444 e. The molecule has 0 radical (unpaired) electrons. The summed E-state index contributed by atoms with van der Waals surface area (Å²) in [4.78, 5) is 11.8. The molecule has 4 N–H and O–H groups in total. The lowest BCUT2D eigenvalue weighted by molar-refractivity contribution is 0.0636. The first-order valence-electron chi connectivity index (χ1n) is 6.56. The molecular weight excluding hydrogens is 256 g/mol. The summed E-state index contributed by atoms with van der Waals surface area (Å²) in [6, 6.07) is 5.45. The van der Waals surface area contributed by atoms with Crippen molar-refractivity contribution in [2.75, 3.05) is 11.9 Å². The minimum atomic E-state index is -0.849. The molecule has 0 saturated carbocycles. The summed E-state index contributed by atoms with van der Waals surface area (Å²) in [7, 11) is 0. The highest BCUT2D eigenvalue weighted by molar-refractivity contribution is 5.86. The molecule has 1 aromatic carbocycles. The summed E-state index contributed by atoms with van der Waals surface area (Å²) in [6.07, 6.45) is -0.513. The fourth-order valence-corrected chi connectivity index (χ4v) is 1.62. The van der Waals surface area contributed by atoms with Gasteiger partial charge in [0.25, 0.3) is 0 Å². The van der Waals surface area contributed by atoms with Gasteiger partial charge in [-0.3, -0.25) is 5.32 Å². The van der Waals surface area contributed by atoms with Crippen LogP contribution in [0.15, 0.2) is 18.2 Å². The van der Waals surface area contributed by atoms with Gasteiger partial charge in [-0.25, -0.2) is 4.79 Å². The summed E-state index contributed by atoms with van der Waals surface area (Å²) in [6.45, 7) is 8.84. The van der Waals surface area contributed by atoms with E-state index < -0.39 is 17.2 Å². The highest BCUT2D eigenvalue weighted by Gasteiger charge is 2.22. The number of carbonyl (C=O) groups is 1. The molecule has 0 spiro atoms. The highest BCUT2D eigenvalue weighted by Crippen LogP contribution is 2.24. The quantitative estimate of drug-likeness (QED) is 0.794. The Hall–Kier alpha value is -1.59. The molecule has 1 atom stereocenters. The molecule has 5 heteroatoms. The van der Waals surface area contributed by atoms with Gasteiger partial charge < -0.3 is 15.6 Å². The molecule has 0 fully saturated rings. The van der Waals surface area contributed by atoms with Crippen LogP contribution in [0.3, 0.4) is 0 Å². The first-order chi connectivity index (χ1) is 9.05. The van der Waals surface area contributed by atoms with Crippen molar-refractivity contribution < 1.29 is 14.6 Å². The van der Waals surface area contributed by atoms with Gasteiger partial charge in [-0.15, -0.1) is 0 Å². The van der Waals surface area contributed by atoms with E-state index in [0.29, 0.717) is 5.69 Å². The Labute approximate surface area is 120 Å². The van der Waals surface area contributed by atoms with Crippen molar-refractivity contribution in [2.45, 2.75) is 45.8 Å². The molecule has 5 nitrogen and oxygen atoms in total. The SMILES string of the molecule is Cc1ccc(C(C)(N)CO)cc1NC(=O)OC(C)(C)C. The van der Waals surface area contributed by atoms with Crippen molar-refractivity contribution in [1.82, 2.24) is 0 Å². The number of nitrogens with two attached hydrogens (primary N) is 1. The van der Waals surface area contributed by atoms with Crippen LogP contribution in [0.25, 0.3) is 0 Å². The zero-order valence-electron chi connectivity index (χ0n) is 12.8. The molecule has 1 amide bonds. The predicted octanol–water partition coefficient (Wildman–Crippen LogP) is 2.51. The molecule has 0 saturated heterocycles.